The molecule has 8 heteroatoms. The maximum Gasteiger partial charge on any atom is 0.261 e. The van der Waals surface area contributed by atoms with E-state index in [1.165, 1.54) is 24.1 Å². The molecule has 2 heterocycles. The smallest absolute Gasteiger partial charge is 0.261 e. The van der Waals surface area contributed by atoms with Crippen LogP contribution in [0.15, 0.2) is 66.7 Å². The van der Waals surface area contributed by atoms with Crippen molar-refractivity contribution < 1.29 is 23.5 Å². The second-order valence-electron chi connectivity index (χ2n) is 8.53. The van der Waals surface area contributed by atoms with E-state index in [9.17, 15) is 18.8 Å². The first kappa shape index (κ1) is 22.6. The zero-order valence-electron chi connectivity index (χ0n) is 19.2. The summed E-state index contributed by atoms with van der Waals surface area (Å²) in [6.45, 7) is 2.31. The van der Waals surface area contributed by atoms with E-state index >= 15 is 0 Å². The van der Waals surface area contributed by atoms with Crippen LogP contribution in [0.25, 0.3) is 0 Å². The summed E-state index contributed by atoms with van der Waals surface area (Å²) in [7, 11) is 1.50. The minimum Gasteiger partial charge on any atom is -0.496 e. The van der Waals surface area contributed by atoms with Gasteiger partial charge in [-0.2, -0.15) is 0 Å². The van der Waals surface area contributed by atoms with Crippen molar-refractivity contribution in [1.82, 2.24) is 9.80 Å². The third-order valence-electron chi connectivity index (χ3n) is 6.47. The number of methoxy groups -OCH3 is 1. The molecule has 0 spiro atoms. The van der Waals surface area contributed by atoms with E-state index in [0.29, 0.717) is 54.2 Å². The second-order valence-corrected chi connectivity index (χ2v) is 8.53. The Kier molecular flexibility index (Phi) is 5.94. The van der Waals surface area contributed by atoms with Gasteiger partial charge in [0.1, 0.15) is 11.6 Å². The van der Waals surface area contributed by atoms with E-state index in [0.717, 1.165) is 5.69 Å². The average Bonchev–Trinajstić information content (AvgIpc) is 3.14. The van der Waals surface area contributed by atoms with Crippen LogP contribution >= 0.6 is 0 Å². The van der Waals surface area contributed by atoms with Gasteiger partial charge in [-0.3, -0.25) is 19.3 Å². The Labute approximate surface area is 202 Å². The fraction of sp³-hybridized carbons (Fsp3) is 0.222. The molecule has 3 aromatic rings. The van der Waals surface area contributed by atoms with E-state index in [1.807, 2.05) is 0 Å². The van der Waals surface area contributed by atoms with Crippen LogP contribution in [0.1, 0.15) is 36.6 Å². The van der Waals surface area contributed by atoms with Crippen molar-refractivity contribution in [3.05, 3.63) is 94.8 Å². The fourth-order valence-corrected chi connectivity index (χ4v) is 4.58. The van der Waals surface area contributed by atoms with Crippen LogP contribution in [0.5, 0.6) is 5.75 Å². The molecule has 7 nitrogen and oxygen atoms in total. The topological polar surface area (TPSA) is 70.2 Å². The van der Waals surface area contributed by atoms with E-state index in [4.69, 9.17) is 4.74 Å². The maximum absolute atomic E-state index is 13.4. The molecule has 1 saturated heterocycles. The molecule has 0 unspecified atom stereocenters. The molecule has 2 aliphatic heterocycles. The summed E-state index contributed by atoms with van der Waals surface area (Å²) < 4.78 is 18.7. The number of carbonyl (C=O) groups is 3. The molecule has 0 atom stereocenters. The number of hydrogen-bond acceptors (Lipinski definition) is 5. The van der Waals surface area contributed by atoms with Gasteiger partial charge in [-0.05, 0) is 54.1 Å². The molecule has 178 valence electrons. The van der Waals surface area contributed by atoms with Gasteiger partial charge >= 0.3 is 0 Å². The van der Waals surface area contributed by atoms with Gasteiger partial charge in [0.25, 0.3) is 17.7 Å². The summed E-state index contributed by atoms with van der Waals surface area (Å²) in [5.74, 6) is -0.708. The Morgan fingerprint density at radius 3 is 2.11 bits per heavy atom. The zero-order chi connectivity index (χ0) is 24.5. The molecule has 0 saturated carbocycles. The maximum atomic E-state index is 13.4. The molecule has 3 aromatic carbocycles. The lowest BCUT2D eigenvalue weighted by molar-refractivity contribution is 0.0642. The van der Waals surface area contributed by atoms with E-state index in [2.05, 4.69) is 4.90 Å². The van der Waals surface area contributed by atoms with Crippen LogP contribution in [0.3, 0.4) is 0 Å². The molecule has 3 amide bonds. The van der Waals surface area contributed by atoms with Crippen LogP contribution < -0.4 is 9.64 Å². The monoisotopic (exact) mass is 473 g/mol. The minimum absolute atomic E-state index is 0.0644. The Bertz CT molecular complexity index is 1270. The minimum atomic E-state index is -0.341. The lowest BCUT2D eigenvalue weighted by atomic mass is 10.1. The highest BCUT2D eigenvalue weighted by atomic mass is 19.1. The highest BCUT2D eigenvalue weighted by Crippen LogP contribution is 2.27. The molecule has 1 fully saturated rings. The predicted octanol–water partition coefficient (Wildman–Crippen LogP) is 3.59. The quantitative estimate of drug-likeness (QED) is 0.530. The van der Waals surface area contributed by atoms with E-state index in [-0.39, 0.29) is 30.1 Å². The molecule has 2 aliphatic rings. The summed E-state index contributed by atoms with van der Waals surface area (Å²) >= 11 is 0. The van der Waals surface area contributed by atoms with Crippen LogP contribution in [0.2, 0.25) is 0 Å². The van der Waals surface area contributed by atoms with Crippen LogP contribution in [-0.4, -0.2) is 60.8 Å². The first-order chi connectivity index (χ1) is 17.0. The SMILES string of the molecule is COc1ccc(CN2C(=O)c3ccccc3C2=O)cc1C(=O)N1CCN(c2ccc(F)cc2)CC1. The molecular formula is C27H24FN3O4. The van der Waals surface area contributed by atoms with Gasteiger partial charge in [-0.15, -0.1) is 0 Å². The average molecular weight is 474 g/mol. The number of rotatable bonds is 5. The van der Waals surface area contributed by atoms with Crippen molar-refractivity contribution in [3.8, 4) is 5.75 Å². The van der Waals surface area contributed by atoms with Crippen molar-refractivity contribution in [2.75, 3.05) is 38.2 Å². The number of halogens is 1. The Morgan fingerprint density at radius 1 is 0.886 bits per heavy atom. The fourth-order valence-electron chi connectivity index (χ4n) is 4.58. The van der Waals surface area contributed by atoms with Crippen molar-refractivity contribution >= 4 is 23.4 Å². The number of nitrogens with zero attached hydrogens (tertiary/aromatic N) is 3. The summed E-state index contributed by atoms with van der Waals surface area (Å²) in [5.41, 5.74) is 2.74. The number of anilines is 1. The number of imide groups is 1. The van der Waals surface area contributed by atoms with Crippen molar-refractivity contribution in [2.24, 2.45) is 0 Å². The van der Waals surface area contributed by atoms with Gasteiger partial charge in [-0.1, -0.05) is 18.2 Å². The van der Waals surface area contributed by atoms with Crippen molar-refractivity contribution in [3.63, 3.8) is 0 Å². The van der Waals surface area contributed by atoms with E-state index in [1.54, 1.807) is 59.5 Å². The van der Waals surface area contributed by atoms with Crippen LogP contribution in [0, 0.1) is 5.82 Å². The van der Waals surface area contributed by atoms with Gasteiger partial charge in [0.15, 0.2) is 0 Å². The summed E-state index contributed by atoms with van der Waals surface area (Å²) in [6.07, 6.45) is 0. The van der Waals surface area contributed by atoms with Gasteiger partial charge in [0.05, 0.1) is 30.3 Å². The molecule has 0 radical (unpaired) electrons. The van der Waals surface area contributed by atoms with Crippen molar-refractivity contribution in [2.45, 2.75) is 6.54 Å². The largest absolute Gasteiger partial charge is 0.496 e. The number of hydrogen-bond donors (Lipinski definition) is 0. The number of piperazine rings is 1. The first-order valence-electron chi connectivity index (χ1n) is 11.4. The van der Waals surface area contributed by atoms with Gasteiger partial charge < -0.3 is 14.5 Å². The van der Waals surface area contributed by atoms with E-state index < -0.39 is 0 Å². The summed E-state index contributed by atoms with van der Waals surface area (Å²) in [6, 6.07) is 18.2. The van der Waals surface area contributed by atoms with Crippen LogP contribution in [0.4, 0.5) is 10.1 Å². The lowest BCUT2D eigenvalue weighted by Gasteiger charge is -2.36. The molecule has 5 rings (SSSR count). The number of fused-ring (bicyclic) bond motifs is 1. The second kappa shape index (κ2) is 9.21. The number of ether oxygens (including phenoxy) is 1. The molecule has 0 aliphatic carbocycles. The van der Waals surface area contributed by atoms with Crippen LogP contribution in [-0.2, 0) is 6.54 Å². The van der Waals surface area contributed by atoms with Gasteiger partial charge in [0.2, 0.25) is 0 Å². The molecular weight excluding hydrogens is 449 g/mol. The third-order valence-corrected chi connectivity index (χ3v) is 6.47. The third kappa shape index (κ3) is 4.23. The Morgan fingerprint density at radius 2 is 1.51 bits per heavy atom. The van der Waals surface area contributed by atoms with Gasteiger partial charge in [-0.25, -0.2) is 4.39 Å². The first-order valence-corrected chi connectivity index (χ1v) is 11.4. The highest BCUT2D eigenvalue weighted by molar-refractivity contribution is 6.21. The number of benzene rings is 3. The molecule has 35 heavy (non-hydrogen) atoms. The lowest BCUT2D eigenvalue weighted by Crippen LogP contribution is -2.48. The summed E-state index contributed by atoms with van der Waals surface area (Å²) in [5, 5.41) is 0. The normalized spacial score (nSPS) is 15.4. The Hall–Kier alpha value is -4.20. The highest BCUT2D eigenvalue weighted by Gasteiger charge is 2.35. The number of amides is 3. The summed E-state index contributed by atoms with van der Waals surface area (Å²) in [4.78, 5) is 43.9. The van der Waals surface area contributed by atoms with Crippen molar-refractivity contribution in [1.29, 1.82) is 0 Å². The number of carbonyl (C=O) groups excluding carboxylic acids is 3. The predicted molar refractivity (Wildman–Crippen MR) is 128 cm³/mol. The Balaban J connectivity index is 1.31. The molecule has 0 aromatic heterocycles. The zero-order valence-corrected chi connectivity index (χ0v) is 19.2. The standard InChI is InChI=1S/C27H24FN3O4/c1-35-24-11-6-18(17-31-26(33)21-4-2-3-5-22(21)27(31)34)16-23(24)25(32)30-14-12-29(13-15-30)20-9-7-19(28)8-10-20/h2-11,16H,12-15,17H2,1H3. The molecule has 0 bridgehead atoms. The molecule has 0 N–H and O–H groups in total. The van der Waals surface area contributed by atoms with Gasteiger partial charge in [0, 0.05) is 31.9 Å².